The molecule has 0 bridgehead atoms. The molecule has 0 saturated carbocycles. The fraction of sp³-hybridized carbons (Fsp3) is 0.393. The molecule has 0 aliphatic carbocycles. The molecule has 4 N–H and O–H groups in total. The topological polar surface area (TPSA) is 124 Å². The molecule has 4 heterocycles. The number of nitrogens with one attached hydrogen (secondary N) is 4. The summed E-state index contributed by atoms with van der Waals surface area (Å²) in [6.45, 7) is 10.7. The van der Waals surface area contributed by atoms with Crippen LogP contribution in [0.5, 0.6) is 5.88 Å². The largest absolute Gasteiger partial charge is 0.474 e. The Morgan fingerprint density at radius 3 is 2.74 bits per heavy atom. The van der Waals surface area contributed by atoms with Crippen LogP contribution in [0.3, 0.4) is 0 Å². The van der Waals surface area contributed by atoms with Crippen LogP contribution >= 0.6 is 0 Å². The Kier molecular flexibility index (Phi) is 7.99. The van der Waals surface area contributed by atoms with Crippen molar-refractivity contribution in [3.63, 3.8) is 0 Å². The van der Waals surface area contributed by atoms with Gasteiger partial charge in [-0.05, 0) is 43.7 Å². The zero-order valence-electron chi connectivity index (χ0n) is 22.6. The zero-order valence-corrected chi connectivity index (χ0v) is 22.6. The highest BCUT2D eigenvalue weighted by atomic mass is 16.5. The van der Waals surface area contributed by atoms with Gasteiger partial charge in [-0.2, -0.15) is 0 Å². The van der Waals surface area contributed by atoms with Gasteiger partial charge in [0.05, 0.1) is 24.2 Å². The monoisotopic (exact) mass is 533 g/mol. The standard InChI is InChI=1S/C28H35N7O4/c1-18-16-20(4-5-23(18)35-11-9-34(10-12-35)13-15-38-3)32-27(37)24-21(6-7-30-26(24)36)33-22-17-31-28-25(19(22)2)29-8-14-39-28/h4-7,16-17,29H,8-15H2,1-3H3,(H,32,37)(H2,30,33,36). The van der Waals surface area contributed by atoms with E-state index >= 15 is 0 Å². The van der Waals surface area contributed by atoms with Gasteiger partial charge < -0.3 is 35.3 Å². The average Bonchev–Trinajstić information content (AvgIpc) is 2.94. The van der Waals surface area contributed by atoms with E-state index in [9.17, 15) is 9.59 Å². The summed E-state index contributed by atoms with van der Waals surface area (Å²) in [4.78, 5) is 37.9. The maximum Gasteiger partial charge on any atom is 0.263 e. The number of aryl methyl sites for hydroxylation is 1. The maximum atomic E-state index is 13.3. The summed E-state index contributed by atoms with van der Waals surface area (Å²) >= 11 is 0. The SMILES string of the molecule is COCCN1CCN(c2ccc(NC(=O)c3c(Nc4cnc5c(c4C)NCCO5)cc[nH]c3=O)cc2C)CC1. The maximum absolute atomic E-state index is 13.3. The predicted molar refractivity (Wildman–Crippen MR) is 153 cm³/mol. The van der Waals surface area contributed by atoms with Crippen LogP contribution in [0, 0.1) is 13.8 Å². The summed E-state index contributed by atoms with van der Waals surface area (Å²) in [5.74, 6) is 0.0447. The number of aromatic amines is 1. The fourth-order valence-corrected chi connectivity index (χ4v) is 5.01. The first-order chi connectivity index (χ1) is 18.9. The van der Waals surface area contributed by atoms with Crippen LogP contribution in [0.2, 0.25) is 0 Å². The number of fused-ring (bicyclic) bond motifs is 1. The van der Waals surface area contributed by atoms with E-state index in [2.05, 4.69) is 35.7 Å². The minimum Gasteiger partial charge on any atom is -0.474 e. The summed E-state index contributed by atoms with van der Waals surface area (Å²) in [5.41, 5.74) is 5.09. The van der Waals surface area contributed by atoms with Gasteiger partial charge in [-0.3, -0.25) is 14.5 Å². The molecule has 0 spiro atoms. The Bertz CT molecular complexity index is 1400. The average molecular weight is 534 g/mol. The molecule has 11 nitrogen and oxygen atoms in total. The molecular weight excluding hydrogens is 498 g/mol. The van der Waals surface area contributed by atoms with E-state index in [1.807, 2.05) is 32.0 Å². The molecule has 5 rings (SSSR count). The third-order valence-corrected chi connectivity index (χ3v) is 7.18. The van der Waals surface area contributed by atoms with Crippen molar-refractivity contribution in [3.05, 3.63) is 63.7 Å². The third-order valence-electron chi connectivity index (χ3n) is 7.18. The number of amides is 1. The Labute approximate surface area is 227 Å². The molecule has 1 fully saturated rings. The number of H-pyrrole nitrogens is 1. The number of nitrogens with zero attached hydrogens (tertiary/aromatic N) is 3. The van der Waals surface area contributed by atoms with Gasteiger partial charge >= 0.3 is 0 Å². The Morgan fingerprint density at radius 2 is 1.97 bits per heavy atom. The summed E-state index contributed by atoms with van der Waals surface area (Å²) in [6.07, 6.45) is 3.15. The Balaban J connectivity index is 1.30. The molecule has 2 aliphatic rings. The summed E-state index contributed by atoms with van der Waals surface area (Å²) in [5, 5.41) is 9.42. The van der Waals surface area contributed by atoms with Crippen LogP contribution in [0.15, 0.2) is 41.5 Å². The van der Waals surface area contributed by atoms with Crippen LogP contribution in [-0.2, 0) is 4.74 Å². The van der Waals surface area contributed by atoms with E-state index in [-0.39, 0.29) is 5.56 Å². The molecule has 1 saturated heterocycles. The van der Waals surface area contributed by atoms with Gasteiger partial charge in [-0.15, -0.1) is 0 Å². The van der Waals surface area contributed by atoms with Crippen LogP contribution < -0.4 is 31.1 Å². The quantitative estimate of drug-likeness (QED) is 0.346. The fourth-order valence-electron chi connectivity index (χ4n) is 5.01. The number of benzene rings is 1. The van der Waals surface area contributed by atoms with E-state index in [4.69, 9.17) is 9.47 Å². The van der Waals surface area contributed by atoms with E-state index in [1.54, 1.807) is 19.4 Å². The van der Waals surface area contributed by atoms with Crippen molar-refractivity contribution < 1.29 is 14.3 Å². The number of aromatic nitrogens is 2. The summed E-state index contributed by atoms with van der Waals surface area (Å²) < 4.78 is 10.8. The number of rotatable bonds is 8. The molecule has 11 heteroatoms. The molecule has 3 aromatic rings. The number of carbonyl (C=O) groups is 1. The van der Waals surface area contributed by atoms with E-state index in [0.717, 1.165) is 61.8 Å². The molecule has 1 aromatic carbocycles. The lowest BCUT2D eigenvalue weighted by Crippen LogP contribution is -2.47. The Morgan fingerprint density at radius 1 is 1.15 bits per heavy atom. The van der Waals surface area contributed by atoms with Crippen molar-refractivity contribution in [1.82, 2.24) is 14.9 Å². The number of pyridine rings is 2. The third kappa shape index (κ3) is 5.84. The number of piperazine rings is 1. The second-order valence-corrected chi connectivity index (χ2v) is 9.75. The van der Waals surface area contributed by atoms with E-state index in [1.165, 1.54) is 6.20 Å². The van der Waals surface area contributed by atoms with Crippen molar-refractivity contribution in [2.24, 2.45) is 0 Å². The first kappa shape index (κ1) is 26.5. The number of ether oxygens (including phenoxy) is 2. The molecule has 0 unspecified atom stereocenters. The second-order valence-electron chi connectivity index (χ2n) is 9.75. The molecule has 0 atom stereocenters. The van der Waals surface area contributed by atoms with Crippen molar-refractivity contribution >= 4 is 34.3 Å². The highest BCUT2D eigenvalue weighted by Crippen LogP contribution is 2.34. The van der Waals surface area contributed by atoms with Gasteiger partial charge in [0.15, 0.2) is 0 Å². The summed E-state index contributed by atoms with van der Waals surface area (Å²) in [7, 11) is 1.73. The first-order valence-electron chi connectivity index (χ1n) is 13.2. The molecule has 39 heavy (non-hydrogen) atoms. The minimum absolute atomic E-state index is 0.00672. The molecule has 2 aliphatic heterocycles. The van der Waals surface area contributed by atoms with E-state index < -0.39 is 11.5 Å². The minimum atomic E-state index is -0.497. The van der Waals surface area contributed by atoms with Crippen molar-refractivity contribution in [2.75, 3.05) is 80.4 Å². The normalized spacial score (nSPS) is 15.2. The van der Waals surface area contributed by atoms with Gasteiger partial charge in [0.1, 0.15) is 17.9 Å². The number of methoxy groups -OCH3 is 1. The van der Waals surface area contributed by atoms with Crippen molar-refractivity contribution in [3.8, 4) is 5.88 Å². The first-order valence-corrected chi connectivity index (χ1v) is 13.2. The molecule has 206 valence electrons. The molecular formula is C28H35N7O4. The number of carbonyl (C=O) groups excluding carboxylic acids is 1. The zero-order chi connectivity index (χ0) is 27.4. The van der Waals surface area contributed by atoms with Crippen molar-refractivity contribution in [2.45, 2.75) is 13.8 Å². The molecule has 2 aromatic heterocycles. The number of hydrogen-bond donors (Lipinski definition) is 4. The van der Waals surface area contributed by atoms with Crippen LogP contribution in [0.25, 0.3) is 0 Å². The predicted octanol–water partition coefficient (Wildman–Crippen LogP) is 2.96. The highest BCUT2D eigenvalue weighted by molar-refractivity contribution is 6.08. The molecule has 1 amide bonds. The van der Waals surface area contributed by atoms with Gasteiger partial charge in [-0.1, -0.05) is 0 Å². The van der Waals surface area contributed by atoms with Gasteiger partial charge in [0.25, 0.3) is 11.5 Å². The highest BCUT2D eigenvalue weighted by Gasteiger charge is 2.22. The molecule has 0 radical (unpaired) electrons. The van der Waals surface area contributed by atoms with E-state index in [0.29, 0.717) is 36.1 Å². The summed E-state index contributed by atoms with van der Waals surface area (Å²) in [6, 6.07) is 7.52. The van der Waals surface area contributed by atoms with Gasteiger partial charge in [0, 0.05) is 69.5 Å². The lowest BCUT2D eigenvalue weighted by Gasteiger charge is -2.36. The van der Waals surface area contributed by atoms with Crippen molar-refractivity contribution in [1.29, 1.82) is 0 Å². The van der Waals surface area contributed by atoms with Gasteiger partial charge in [-0.25, -0.2) is 4.98 Å². The van der Waals surface area contributed by atoms with Crippen LogP contribution in [0.4, 0.5) is 28.4 Å². The number of anilines is 5. The lowest BCUT2D eigenvalue weighted by molar-refractivity contribution is 0.102. The lowest BCUT2D eigenvalue weighted by atomic mass is 10.1. The smallest absolute Gasteiger partial charge is 0.263 e. The second kappa shape index (κ2) is 11.7. The van der Waals surface area contributed by atoms with Crippen LogP contribution in [0.1, 0.15) is 21.5 Å². The van der Waals surface area contributed by atoms with Crippen LogP contribution in [-0.4, -0.2) is 80.4 Å². The van der Waals surface area contributed by atoms with Gasteiger partial charge in [0.2, 0.25) is 5.88 Å². The Hall–Kier alpha value is -4.09. The number of hydrogen-bond acceptors (Lipinski definition) is 9.